The molecule has 1 aliphatic carbocycles. The number of hydrogen-bond donors (Lipinski definition) is 0. The Bertz CT molecular complexity index is 456. The highest BCUT2D eigenvalue weighted by Crippen LogP contribution is 2.25. The maximum absolute atomic E-state index is 12.2. The molecular formula is C15H17Cl2NO. The summed E-state index contributed by atoms with van der Waals surface area (Å²) in [6.07, 6.45) is 6.35. The second-order valence-electron chi connectivity index (χ2n) is 4.65. The van der Waals surface area contributed by atoms with Gasteiger partial charge in [0, 0.05) is 5.70 Å². The van der Waals surface area contributed by atoms with Crippen LogP contribution in [0.1, 0.15) is 31.2 Å². The largest absolute Gasteiger partial charge is 0.310 e. The zero-order valence-electron chi connectivity index (χ0n) is 10.7. The Balaban J connectivity index is 2.19. The van der Waals surface area contributed by atoms with Gasteiger partial charge in [0.05, 0.1) is 6.54 Å². The monoisotopic (exact) mass is 297 g/mol. The maximum Gasteiger partial charge on any atom is 0.260 e. The first kappa shape index (κ1) is 14.4. The lowest BCUT2D eigenvalue weighted by Gasteiger charge is -2.28. The standard InChI is InChI=1S/C15H17Cl2NO/c16-14(17)15(19)18(13-9-5-2-6-10-13)11-12-7-3-1-4-8-12/h1,3-4,7-9,14H,2,5-6,10-11H2. The molecule has 0 aliphatic heterocycles. The topological polar surface area (TPSA) is 20.3 Å². The minimum absolute atomic E-state index is 0.236. The average molecular weight is 298 g/mol. The van der Waals surface area contributed by atoms with E-state index in [4.69, 9.17) is 23.2 Å². The van der Waals surface area contributed by atoms with Gasteiger partial charge in [-0.3, -0.25) is 4.79 Å². The van der Waals surface area contributed by atoms with E-state index in [1.807, 2.05) is 30.3 Å². The van der Waals surface area contributed by atoms with E-state index in [1.54, 1.807) is 4.90 Å². The minimum Gasteiger partial charge on any atom is -0.310 e. The summed E-state index contributed by atoms with van der Waals surface area (Å²) in [5.74, 6) is -0.236. The molecule has 0 unspecified atom stereocenters. The van der Waals surface area contributed by atoms with Crippen molar-refractivity contribution in [1.29, 1.82) is 0 Å². The molecule has 4 heteroatoms. The van der Waals surface area contributed by atoms with E-state index in [9.17, 15) is 4.79 Å². The van der Waals surface area contributed by atoms with Crippen LogP contribution in [-0.4, -0.2) is 15.6 Å². The fourth-order valence-corrected chi connectivity index (χ4v) is 2.51. The third-order valence-electron chi connectivity index (χ3n) is 3.25. The van der Waals surface area contributed by atoms with Crippen LogP contribution in [-0.2, 0) is 11.3 Å². The summed E-state index contributed by atoms with van der Waals surface area (Å²) in [4.78, 5) is 12.9. The lowest BCUT2D eigenvalue weighted by molar-refractivity contribution is -0.128. The van der Waals surface area contributed by atoms with Gasteiger partial charge in [-0.25, -0.2) is 0 Å². The minimum atomic E-state index is -1.01. The van der Waals surface area contributed by atoms with Crippen molar-refractivity contribution in [2.45, 2.75) is 37.1 Å². The molecule has 2 nitrogen and oxygen atoms in total. The molecule has 0 aromatic heterocycles. The number of benzene rings is 1. The van der Waals surface area contributed by atoms with E-state index in [0.29, 0.717) is 6.54 Å². The van der Waals surface area contributed by atoms with E-state index in [0.717, 1.165) is 30.5 Å². The van der Waals surface area contributed by atoms with Crippen LogP contribution in [0.25, 0.3) is 0 Å². The van der Waals surface area contributed by atoms with Crippen LogP contribution in [0.3, 0.4) is 0 Å². The lowest BCUT2D eigenvalue weighted by atomic mass is 10.0. The van der Waals surface area contributed by atoms with Crippen molar-refractivity contribution in [3.8, 4) is 0 Å². The second kappa shape index (κ2) is 6.97. The fourth-order valence-electron chi connectivity index (χ4n) is 2.27. The van der Waals surface area contributed by atoms with Crippen LogP contribution in [0.2, 0.25) is 0 Å². The number of alkyl halides is 2. The van der Waals surface area contributed by atoms with Gasteiger partial charge < -0.3 is 4.90 Å². The molecule has 0 saturated heterocycles. The van der Waals surface area contributed by atoms with Crippen LogP contribution >= 0.6 is 23.2 Å². The molecule has 1 aliphatic rings. The van der Waals surface area contributed by atoms with Crippen molar-refractivity contribution in [2.75, 3.05) is 0 Å². The van der Waals surface area contributed by atoms with Crippen molar-refractivity contribution >= 4 is 29.1 Å². The van der Waals surface area contributed by atoms with Crippen molar-refractivity contribution in [1.82, 2.24) is 4.90 Å². The quantitative estimate of drug-likeness (QED) is 0.760. The first-order chi connectivity index (χ1) is 9.18. The SMILES string of the molecule is O=C(C(Cl)Cl)N(Cc1ccccc1)C1=CCCCC1. The molecule has 0 heterocycles. The summed E-state index contributed by atoms with van der Waals surface area (Å²) >= 11 is 11.5. The Morgan fingerprint density at radius 1 is 1.21 bits per heavy atom. The number of allylic oxidation sites excluding steroid dienone is 2. The van der Waals surface area contributed by atoms with Crippen LogP contribution < -0.4 is 0 Å². The van der Waals surface area contributed by atoms with Crippen molar-refractivity contribution in [3.05, 3.63) is 47.7 Å². The van der Waals surface area contributed by atoms with Gasteiger partial charge in [0.1, 0.15) is 0 Å². The Morgan fingerprint density at radius 3 is 2.53 bits per heavy atom. The van der Waals surface area contributed by atoms with Crippen LogP contribution in [0.5, 0.6) is 0 Å². The molecule has 0 N–H and O–H groups in total. The number of nitrogens with zero attached hydrogens (tertiary/aromatic N) is 1. The van der Waals surface area contributed by atoms with E-state index in [1.165, 1.54) is 6.42 Å². The van der Waals surface area contributed by atoms with E-state index < -0.39 is 4.84 Å². The summed E-state index contributed by atoms with van der Waals surface area (Å²) in [7, 11) is 0. The van der Waals surface area contributed by atoms with E-state index >= 15 is 0 Å². The zero-order valence-corrected chi connectivity index (χ0v) is 12.2. The van der Waals surface area contributed by atoms with Gasteiger partial charge in [0.25, 0.3) is 5.91 Å². The molecule has 19 heavy (non-hydrogen) atoms. The van der Waals surface area contributed by atoms with Crippen LogP contribution in [0.15, 0.2) is 42.1 Å². The summed E-state index contributed by atoms with van der Waals surface area (Å²) in [6.45, 7) is 0.529. The smallest absolute Gasteiger partial charge is 0.260 e. The highest BCUT2D eigenvalue weighted by Gasteiger charge is 2.24. The number of hydrogen-bond acceptors (Lipinski definition) is 1. The first-order valence-corrected chi connectivity index (χ1v) is 7.38. The Kier molecular flexibility index (Phi) is 5.29. The summed E-state index contributed by atoms with van der Waals surface area (Å²) < 4.78 is 0. The lowest BCUT2D eigenvalue weighted by Crippen LogP contribution is -2.34. The van der Waals surface area contributed by atoms with Gasteiger partial charge in [0.15, 0.2) is 4.84 Å². The molecule has 0 radical (unpaired) electrons. The maximum atomic E-state index is 12.2. The van der Waals surface area contributed by atoms with Gasteiger partial charge in [-0.15, -0.1) is 0 Å². The number of halogens is 2. The number of amides is 1. The third-order valence-corrected chi connectivity index (χ3v) is 3.62. The molecule has 2 rings (SSSR count). The molecule has 0 saturated carbocycles. The third kappa shape index (κ3) is 3.99. The van der Waals surface area contributed by atoms with Gasteiger partial charge in [-0.2, -0.15) is 0 Å². The van der Waals surface area contributed by atoms with Gasteiger partial charge in [0.2, 0.25) is 0 Å². The summed E-state index contributed by atoms with van der Waals surface area (Å²) in [6, 6.07) is 9.89. The molecule has 102 valence electrons. The van der Waals surface area contributed by atoms with Crippen LogP contribution in [0, 0.1) is 0 Å². The normalized spacial score (nSPS) is 15.2. The molecule has 1 aromatic carbocycles. The zero-order chi connectivity index (χ0) is 13.7. The fraction of sp³-hybridized carbons (Fsp3) is 0.400. The van der Waals surface area contributed by atoms with Gasteiger partial charge in [-0.1, -0.05) is 59.6 Å². The first-order valence-electron chi connectivity index (χ1n) is 6.51. The Labute approximate surface area is 124 Å². The van der Waals surface area contributed by atoms with E-state index in [2.05, 4.69) is 6.08 Å². The molecule has 0 bridgehead atoms. The number of rotatable bonds is 4. The number of carbonyl (C=O) groups excluding carboxylic acids is 1. The van der Waals surface area contributed by atoms with Crippen molar-refractivity contribution < 1.29 is 4.79 Å². The molecule has 1 aromatic rings. The summed E-state index contributed by atoms with van der Waals surface area (Å²) in [5.41, 5.74) is 2.13. The predicted octanol–water partition coefficient (Wildman–Crippen LogP) is 4.28. The second-order valence-corrected chi connectivity index (χ2v) is 5.75. The molecule has 1 amide bonds. The highest BCUT2D eigenvalue weighted by molar-refractivity contribution is 6.53. The molecule has 0 fully saturated rings. The Morgan fingerprint density at radius 2 is 1.95 bits per heavy atom. The summed E-state index contributed by atoms with van der Waals surface area (Å²) in [5, 5.41) is 0. The average Bonchev–Trinajstić information content (AvgIpc) is 2.46. The predicted molar refractivity (Wildman–Crippen MR) is 79.0 cm³/mol. The van der Waals surface area contributed by atoms with Gasteiger partial charge in [-0.05, 0) is 31.2 Å². The van der Waals surface area contributed by atoms with Crippen LogP contribution in [0.4, 0.5) is 0 Å². The van der Waals surface area contributed by atoms with Crippen molar-refractivity contribution in [2.24, 2.45) is 0 Å². The molecule has 0 atom stereocenters. The Hall–Kier alpha value is -0.990. The van der Waals surface area contributed by atoms with Gasteiger partial charge >= 0.3 is 0 Å². The molecule has 0 spiro atoms. The van der Waals surface area contributed by atoms with E-state index in [-0.39, 0.29) is 5.91 Å². The van der Waals surface area contributed by atoms with Crippen molar-refractivity contribution in [3.63, 3.8) is 0 Å². The number of carbonyl (C=O) groups is 1. The molecular weight excluding hydrogens is 281 g/mol. The highest BCUT2D eigenvalue weighted by atomic mass is 35.5.